The quantitative estimate of drug-likeness (QED) is 0.661. The van der Waals surface area contributed by atoms with Crippen LogP contribution in [0.15, 0.2) is 23.1 Å². The average Bonchev–Trinajstić information content (AvgIpc) is 1.88. The first-order chi connectivity index (χ1) is 4.75. The van der Waals surface area contributed by atoms with Crippen molar-refractivity contribution in [2.24, 2.45) is 0 Å². The molecule has 0 saturated carbocycles. The second kappa shape index (κ2) is 3.17. The zero-order valence-corrected chi connectivity index (χ0v) is 7.17. The highest BCUT2D eigenvalue weighted by Gasteiger charge is 1.99. The molecule has 0 aliphatic carbocycles. The molecule has 0 heterocycles. The average molecular weight is 174 g/mol. The fraction of sp³-hybridized carbons (Fsp3) is 0.143. The van der Waals surface area contributed by atoms with E-state index in [9.17, 15) is 0 Å². The minimum Gasteiger partial charge on any atom is -0.398 e. The van der Waals surface area contributed by atoms with Gasteiger partial charge in [0.25, 0.3) is 0 Å². The van der Waals surface area contributed by atoms with Gasteiger partial charge in [0.15, 0.2) is 0 Å². The predicted molar refractivity (Wildman–Crippen MR) is 47.3 cm³/mol. The van der Waals surface area contributed by atoms with Gasteiger partial charge in [-0.1, -0.05) is 12.1 Å². The summed E-state index contributed by atoms with van der Waals surface area (Å²) in [5.74, 6) is 0. The second-order valence-corrected chi connectivity index (χ2v) is 3.10. The van der Waals surface area contributed by atoms with Crippen LogP contribution in [0.5, 0.6) is 0 Å². The summed E-state index contributed by atoms with van der Waals surface area (Å²) >= 11 is 0. The Morgan fingerprint density at radius 2 is 2.20 bits per heavy atom. The van der Waals surface area contributed by atoms with Gasteiger partial charge in [-0.2, -0.15) is 0 Å². The summed E-state index contributed by atoms with van der Waals surface area (Å²) in [6.45, 7) is 1.99. The third kappa shape index (κ3) is 1.39. The highest BCUT2D eigenvalue weighted by Crippen LogP contribution is 2.30. The first kappa shape index (κ1) is 7.76. The van der Waals surface area contributed by atoms with E-state index >= 15 is 0 Å². The summed E-state index contributed by atoms with van der Waals surface area (Å²) in [5.41, 5.74) is 7.50. The normalized spacial score (nSPS) is 9.80. The van der Waals surface area contributed by atoms with Crippen molar-refractivity contribution in [2.45, 2.75) is 11.8 Å². The third-order valence-corrected chi connectivity index (χ3v) is 2.49. The molecule has 54 valence electrons. The molecule has 1 nitrogen and oxygen atoms in total. The number of aryl methyl sites for hydroxylation is 1. The number of nitrogens with two attached hydrogens (primary N) is 1. The Hall–Kier alpha value is -0.340. The van der Waals surface area contributed by atoms with E-state index < -0.39 is 0 Å². The third-order valence-electron chi connectivity index (χ3n) is 1.32. The van der Waals surface area contributed by atoms with Crippen molar-refractivity contribution >= 4 is 27.3 Å². The Kier molecular flexibility index (Phi) is 2.46. The van der Waals surface area contributed by atoms with Gasteiger partial charge in [0, 0.05) is 10.6 Å². The van der Waals surface area contributed by atoms with Crippen LogP contribution in [-0.4, -0.2) is 0 Å². The molecule has 0 spiro atoms. The fourth-order valence-corrected chi connectivity index (χ4v) is 1.76. The summed E-state index contributed by atoms with van der Waals surface area (Å²) in [4.78, 5) is 0.962. The molecule has 10 heavy (non-hydrogen) atoms. The van der Waals surface area contributed by atoms with Gasteiger partial charge < -0.3 is 5.73 Å². The Labute approximate surface area is 69.1 Å². The van der Waals surface area contributed by atoms with Crippen LogP contribution in [0.1, 0.15) is 5.56 Å². The van der Waals surface area contributed by atoms with E-state index in [-0.39, 0.29) is 0 Å². The summed E-state index contributed by atoms with van der Waals surface area (Å²) < 4.78 is 0. The number of rotatable bonds is 1. The van der Waals surface area contributed by atoms with Crippen LogP contribution in [0.2, 0.25) is 0 Å². The van der Waals surface area contributed by atoms with E-state index in [2.05, 4.69) is 0 Å². The highest BCUT2D eigenvalue weighted by atomic mass is 35.7. The lowest BCUT2D eigenvalue weighted by atomic mass is 10.2. The van der Waals surface area contributed by atoms with Gasteiger partial charge in [0.2, 0.25) is 0 Å². The zero-order valence-electron chi connectivity index (χ0n) is 5.60. The molecule has 3 heteroatoms. The van der Waals surface area contributed by atoms with Crippen LogP contribution >= 0.6 is 21.7 Å². The molecule has 0 atom stereocenters. The Bertz CT molecular complexity index is 217. The van der Waals surface area contributed by atoms with Crippen molar-refractivity contribution in [1.82, 2.24) is 0 Å². The first-order valence-corrected chi connectivity index (χ1v) is 4.53. The van der Waals surface area contributed by atoms with Crippen LogP contribution < -0.4 is 5.73 Å². The van der Waals surface area contributed by atoms with Gasteiger partial charge in [0.1, 0.15) is 0 Å². The molecule has 1 aromatic carbocycles. The smallest absolute Gasteiger partial charge is 0.0492 e. The number of halogens is 1. The van der Waals surface area contributed by atoms with E-state index in [0.717, 1.165) is 16.1 Å². The maximum atomic E-state index is 5.63. The SMILES string of the molecule is Cc1cccc(N)c1SCl. The molecule has 0 aliphatic heterocycles. The van der Waals surface area contributed by atoms with Gasteiger partial charge in [-0.3, -0.25) is 0 Å². The lowest BCUT2D eigenvalue weighted by Crippen LogP contribution is -1.88. The van der Waals surface area contributed by atoms with E-state index in [1.807, 2.05) is 25.1 Å². The first-order valence-electron chi connectivity index (χ1n) is 2.89. The Morgan fingerprint density at radius 1 is 1.50 bits per heavy atom. The number of hydrogen-bond acceptors (Lipinski definition) is 2. The monoisotopic (exact) mass is 173 g/mol. The summed E-state index contributed by atoms with van der Waals surface area (Å²) in [6.07, 6.45) is 0. The molecule has 0 aliphatic rings. The standard InChI is InChI=1S/C7H8ClNS/c1-5-3-2-4-6(9)7(5)10-8/h2-4H,9H2,1H3. The largest absolute Gasteiger partial charge is 0.398 e. The number of anilines is 1. The molecular weight excluding hydrogens is 166 g/mol. The highest BCUT2D eigenvalue weighted by molar-refractivity contribution is 8.21. The summed E-state index contributed by atoms with van der Waals surface area (Å²) in [7, 11) is 6.74. The lowest BCUT2D eigenvalue weighted by molar-refractivity contribution is 1.32. The molecule has 1 rings (SSSR count). The van der Waals surface area contributed by atoms with Crippen molar-refractivity contribution in [1.29, 1.82) is 0 Å². The molecule has 0 unspecified atom stereocenters. The van der Waals surface area contributed by atoms with Gasteiger partial charge in [-0.05, 0) is 40.2 Å². The van der Waals surface area contributed by atoms with Gasteiger partial charge in [-0.15, -0.1) is 0 Å². The molecule has 0 bridgehead atoms. The maximum absolute atomic E-state index is 5.63. The molecular formula is C7H8ClNS. The van der Waals surface area contributed by atoms with Gasteiger partial charge >= 0.3 is 0 Å². The van der Waals surface area contributed by atoms with Crippen LogP contribution in [0.4, 0.5) is 5.69 Å². The number of hydrogen-bond donors (Lipinski definition) is 1. The maximum Gasteiger partial charge on any atom is 0.0492 e. The van der Waals surface area contributed by atoms with Crippen LogP contribution in [0.25, 0.3) is 0 Å². The van der Waals surface area contributed by atoms with Crippen LogP contribution in [0.3, 0.4) is 0 Å². The zero-order chi connectivity index (χ0) is 7.56. The molecule has 0 saturated heterocycles. The molecule has 2 N–H and O–H groups in total. The molecule has 0 fully saturated rings. The number of benzene rings is 1. The number of nitrogen functional groups attached to an aromatic ring is 1. The van der Waals surface area contributed by atoms with Crippen LogP contribution in [0, 0.1) is 6.92 Å². The molecule has 0 radical (unpaired) electrons. The summed E-state index contributed by atoms with van der Waals surface area (Å²) in [6, 6.07) is 5.75. The Balaban J connectivity index is 3.17. The van der Waals surface area contributed by atoms with Gasteiger partial charge in [0.05, 0.1) is 0 Å². The van der Waals surface area contributed by atoms with Crippen molar-refractivity contribution in [3.05, 3.63) is 23.8 Å². The van der Waals surface area contributed by atoms with Crippen molar-refractivity contribution < 1.29 is 0 Å². The lowest BCUT2D eigenvalue weighted by Gasteiger charge is -2.02. The van der Waals surface area contributed by atoms with Crippen LogP contribution in [-0.2, 0) is 0 Å². The predicted octanol–water partition coefficient (Wildman–Crippen LogP) is 2.82. The van der Waals surface area contributed by atoms with E-state index in [4.69, 9.17) is 16.4 Å². The molecule has 0 aromatic heterocycles. The Morgan fingerprint density at radius 3 is 2.60 bits per heavy atom. The van der Waals surface area contributed by atoms with E-state index in [0.29, 0.717) is 0 Å². The summed E-state index contributed by atoms with van der Waals surface area (Å²) in [5, 5.41) is 0. The minimum atomic E-state index is 0.750. The van der Waals surface area contributed by atoms with E-state index in [1.165, 1.54) is 11.0 Å². The minimum absolute atomic E-state index is 0.750. The van der Waals surface area contributed by atoms with E-state index in [1.54, 1.807) is 0 Å². The van der Waals surface area contributed by atoms with Crippen molar-refractivity contribution in [2.75, 3.05) is 5.73 Å². The van der Waals surface area contributed by atoms with Crippen molar-refractivity contribution in [3.63, 3.8) is 0 Å². The van der Waals surface area contributed by atoms with Crippen molar-refractivity contribution in [3.8, 4) is 0 Å². The van der Waals surface area contributed by atoms with Gasteiger partial charge in [-0.25, -0.2) is 0 Å². The molecule has 1 aromatic rings. The molecule has 0 amide bonds. The fourth-order valence-electron chi connectivity index (χ4n) is 0.781. The second-order valence-electron chi connectivity index (χ2n) is 2.07. The topological polar surface area (TPSA) is 26.0 Å².